The van der Waals surface area contributed by atoms with Crippen molar-refractivity contribution in [2.75, 3.05) is 31.6 Å². The average molecular weight is 593 g/mol. The number of carbonyl (C=O) groups excluding carboxylic acids is 5. The molecule has 0 aliphatic heterocycles. The second-order valence-electron chi connectivity index (χ2n) is 11.3. The minimum absolute atomic E-state index is 0.0961. The van der Waals surface area contributed by atoms with Gasteiger partial charge in [0.15, 0.2) is 0 Å². The summed E-state index contributed by atoms with van der Waals surface area (Å²) in [5.74, 6) is -1.85. The maximum absolute atomic E-state index is 13.2. The normalized spacial score (nSPS) is 12.6. The van der Waals surface area contributed by atoms with Crippen LogP contribution in [0.3, 0.4) is 0 Å². The molecule has 0 heterocycles. The van der Waals surface area contributed by atoms with E-state index in [0.717, 1.165) is 5.56 Å². The van der Waals surface area contributed by atoms with Crippen LogP contribution < -0.4 is 32.7 Å². The molecule has 0 fully saturated rings. The van der Waals surface area contributed by atoms with Gasteiger partial charge in [-0.2, -0.15) is 0 Å². The van der Waals surface area contributed by atoms with Gasteiger partial charge in [0.2, 0.25) is 17.7 Å². The number of urea groups is 1. The minimum atomic E-state index is -0.956. The highest BCUT2D eigenvalue weighted by molar-refractivity contribution is 5.98. The van der Waals surface area contributed by atoms with Crippen LogP contribution in [0.1, 0.15) is 65.9 Å². The number of hydrogen-bond acceptors (Lipinski definition) is 8. The fourth-order valence-corrected chi connectivity index (χ4v) is 3.63. The molecule has 0 aromatic heterocycles. The van der Waals surface area contributed by atoms with Crippen LogP contribution in [0.15, 0.2) is 24.3 Å². The van der Waals surface area contributed by atoms with Crippen LogP contribution >= 0.6 is 0 Å². The Hall–Kier alpha value is -3.71. The van der Waals surface area contributed by atoms with Crippen LogP contribution in [0.2, 0.25) is 0 Å². The lowest BCUT2D eigenvalue weighted by Crippen LogP contribution is -2.54. The molecule has 236 valence electrons. The highest BCUT2D eigenvalue weighted by atomic mass is 16.5. The van der Waals surface area contributed by atoms with Crippen LogP contribution in [-0.4, -0.2) is 68.1 Å². The first-order valence-electron chi connectivity index (χ1n) is 14.2. The predicted molar refractivity (Wildman–Crippen MR) is 159 cm³/mol. The van der Waals surface area contributed by atoms with E-state index in [1.165, 1.54) is 0 Å². The number of hydrogen-bond donors (Lipinski definition) is 6. The summed E-state index contributed by atoms with van der Waals surface area (Å²) in [6.45, 7) is 10.4. The lowest BCUT2D eigenvalue weighted by molar-refractivity contribution is -0.154. The van der Waals surface area contributed by atoms with Crippen molar-refractivity contribution in [2.45, 2.75) is 79.0 Å². The molecule has 0 spiro atoms. The Morgan fingerprint density at radius 2 is 1.60 bits per heavy atom. The van der Waals surface area contributed by atoms with Crippen molar-refractivity contribution < 1.29 is 33.4 Å². The van der Waals surface area contributed by atoms with Gasteiger partial charge in [0.1, 0.15) is 18.7 Å². The van der Waals surface area contributed by atoms with Gasteiger partial charge < -0.3 is 42.2 Å². The number of nitrogens with one attached hydrogen (secondary N) is 4. The van der Waals surface area contributed by atoms with Crippen molar-refractivity contribution in [3.05, 3.63) is 29.8 Å². The summed E-state index contributed by atoms with van der Waals surface area (Å²) in [5, 5.41) is 10.7. The Morgan fingerprint density at radius 3 is 2.17 bits per heavy atom. The van der Waals surface area contributed by atoms with Gasteiger partial charge >= 0.3 is 12.0 Å². The molecule has 1 aromatic carbocycles. The van der Waals surface area contributed by atoms with Crippen molar-refractivity contribution in [2.24, 2.45) is 22.8 Å². The molecule has 8 N–H and O–H groups in total. The summed E-state index contributed by atoms with van der Waals surface area (Å²) >= 11 is 0. The molecule has 0 unspecified atom stereocenters. The zero-order valence-corrected chi connectivity index (χ0v) is 25.4. The van der Waals surface area contributed by atoms with Crippen molar-refractivity contribution in [3.8, 4) is 0 Å². The SMILES string of the molecule is CC(C)[C@H](NC(=O)CCCOCCN)C(=O)N[C@@H](CCCNC(N)=O)C(=O)Nc1ccc(COC(=O)C(C)(C)C)cc1. The maximum atomic E-state index is 13.2. The first-order chi connectivity index (χ1) is 19.7. The molecule has 1 rings (SSSR count). The monoisotopic (exact) mass is 592 g/mol. The highest BCUT2D eigenvalue weighted by Crippen LogP contribution is 2.18. The summed E-state index contributed by atoms with van der Waals surface area (Å²) in [6.07, 6.45) is 1.22. The van der Waals surface area contributed by atoms with E-state index in [1.54, 1.807) is 58.9 Å². The van der Waals surface area contributed by atoms with E-state index in [2.05, 4.69) is 21.3 Å². The zero-order valence-electron chi connectivity index (χ0n) is 25.4. The van der Waals surface area contributed by atoms with Crippen LogP contribution in [0.5, 0.6) is 0 Å². The standard InChI is InChI=1S/C29H48N6O7/c1-19(2)24(35-23(36)9-7-16-41-17-14-30)26(38)34-22(8-6-15-32-28(31)40)25(37)33-21-12-10-20(11-13-21)18-42-27(39)29(3,4)5/h10-13,19,22,24H,6-9,14-18,30H2,1-5H3,(H,33,37)(H,34,38)(H,35,36)(H3,31,32,40)/t22-,24-/m0/s1. The molecular formula is C29H48N6O7. The van der Waals surface area contributed by atoms with Gasteiger partial charge in [-0.25, -0.2) is 4.79 Å². The molecule has 0 radical (unpaired) electrons. The number of anilines is 1. The van der Waals surface area contributed by atoms with Gasteiger partial charge in [-0.3, -0.25) is 19.2 Å². The van der Waals surface area contributed by atoms with Crippen molar-refractivity contribution >= 4 is 35.4 Å². The molecule has 0 bridgehead atoms. The first-order valence-corrected chi connectivity index (χ1v) is 14.2. The summed E-state index contributed by atoms with van der Waals surface area (Å²) in [5.41, 5.74) is 11.1. The smallest absolute Gasteiger partial charge is 0.312 e. The molecule has 42 heavy (non-hydrogen) atoms. The van der Waals surface area contributed by atoms with Crippen LogP contribution in [0.25, 0.3) is 0 Å². The fourth-order valence-electron chi connectivity index (χ4n) is 3.63. The number of esters is 1. The quantitative estimate of drug-likeness (QED) is 0.109. The lowest BCUT2D eigenvalue weighted by Gasteiger charge is -2.25. The number of rotatable bonds is 18. The van der Waals surface area contributed by atoms with Crippen molar-refractivity contribution in [1.82, 2.24) is 16.0 Å². The zero-order chi connectivity index (χ0) is 31.7. The molecule has 1 aromatic rings. The third-order valence-electron chi connectivity index (χ3n) is 6.03. The van der Waals surface area contributed by atoms with Gasteiger partial charge in [0.05, 0.1) is 12.0 Å². The van der Waals surface area contributed by atoms with E-state index in [4.69, 9.17) is 20.9 Å². The Labute approximate surface area is 248 Å². The third-order valence-corrected chi connectivity index (χ3v) is 6.03. The minimum Gasteiger partial charge on any atom is -0.460 e. The molecule has 2 atom stereocenters. The maximum Gasteiger partial charge on any atom is 0.312 e. The summed E-state index contributed by atoms with van der Waals surface area (Å²) < 4.78 is 10.6. The molecular weight excluding hydrogens is 544 g/mol. The molecule has 5 amide bonds. The Bertz CT molecular complexity index is 1020. The largest absolute Gasteiger partial charge is 0.460 e. The molecule has 13 heteroatoms. The molecule has 0 aliphatic carbocycles. The number of primary amides is 1. The first kappa shape index (κ1) is 36.3. The summed E-state index contributed by atoms with van der Waals surface area (Å²) in [7, 11) is 0. The Kier molecular flexibility index (Phi) is 16.1. The summed E-state index contributed by atoms with van der Waals surface area (Å²) in [6, 6.07) is 4.27. The number of amides is 5. The van der Waals surface area contributed by atoms with Gasteiger partial charge in [0, 0.05) is 31.8 Å². The van der Waals surface area contributed by atoms with Gasteiger partial charge in [-0.05, 0) is 63.6 Å². The van der Waals surface area contributed by atoms with Crippen molar-refractivity contribution in [3.63, 3.8) is 0 Å². The molecule has 0 saturated carbocycles. The van der Waals surface area contributed by atoms with Crippen molar-refractivity contribution in [1.29, 1.82) is 0 Å². The fraction of sp³-hybridized carbons (Fsp3) is 0.621. The van der Waals surface area contributed by atoms with Crippen LogP contribution in [0, 0.1) is 11.3 Å². The average Bonchev–Trinajstić information content (AvgIpc) is 2.91. The van der Waals surface area contributed by atoms with Gasteiger partial charge in [-0.1, -0.05) is 26.0 Å². The number of carbonyl (C=O) groups is 5. The highest BCUT2D eigenvalue weighted by Gasteiger charge is 2.29. The number of nitrogens with two attached hydrogens (primary N) is 2. The van der Waals surface area contributed by atoms with Crippen LogP contribution in [-0.2, 0) is 35.3 Å². The predicted octanol–water partition coefficient (Wildman–Crippen LogP) is 1.54. The van der Waals surface area contributed by atoms with E-state index in [0.29, 0.717) is 38.3 Å². The Balaban J connectivity index is 2.86. The lowest BCUT2D eigenvalue weighted by atomic mass is 9.97. The number of benzene rings is 1. The van der Waals surface area contributed by atoms with E-state index in [1.807, 2.05) is 0 Å². The van der Waals surface area contributed by atoms with Crippen LogP contribution in [0.4, 0.5) is 10.5 Å². The van der Waals surface area contributed by atoms with E-state index < -0.39 is 35.3 Å². The summed E-state index contributed by atoms with van der Waals surface area (Å²) in [4.78, 5) is 61.9. The molecule has 13 nitrogen and oxygen atoms in total. The molecule has 0 aliphatic rings. The van der Waals surface area contributed by atoms with E-state index in [-0.39, 0.29) is 43.8 Å². The van der Waals surface area contributed by atoms with Gasteiger partial charge in [-0.15, -0.1) is 0 Å². The topological polar surface area (TPSA) is 204 Å². The third kappa shape index (κ3) is 14.8. The van der Waals surface area contributed by atoms with Gasteiger partial charge in [0.25, 0.3) is 0 Å². The Morgan fingerprint density at radius 1 is 0.929 bits per heavy atom. The van der Waals surface area contributed by atoms with E-state index in [9.17, 15) is 24.0 Å². The second-order valence-corrected chi connectivity index (χ2v) is 11.3. The van der Waals surface area contributed by atoms with E-state index >= 15 is 0 Å². The molecule has 0 saturated heterocycles. The second kappa shape index (κ2) is 18.7. The number of ether oxygens (including phenoxy) is 2.